The van der Waals surface area contributed by atoms with Crippen molar-refractivity contribution in [3.05, 3.63) is 35.4 Å². The van der Waals surface area contributed by atoms with Crippen molar-refractivity contribution in [2.24, 2.45) is 5.92 Å². The van der Waals surface area contributed by atoms with Crippen molar-refractivity contribution in [3.8, 4) is 0 Å². The minimum atomic E-state index is -0.0298. The van der Waals surface area contributed by atoms with E-state index < -0.39 is 0 Å². The molecule has 1 fully saturated rings. The normalized spacial score (nSPS) is 24.5. The molecule has 1 aliphatic carbocycles. The first-order valence-electron chi connectivity index (χ1n) is 6.05. The maximum atomic E-state index is 9.23. The molecule has 2 rings (SSSR count). The van der Waals surface area contributed by atoms with Crippen molar-refractivity contribution >= 4 is 0 Å². The molecular formula is C14H21NO. The predicted octanol–water partition coefficient (Wildman–Crippen LogP) is 2.20. The molecule has 1 aliphatic rings. The highest BCUT2D eigenvalue weighted by Gasteiger charge is 2.27. The number of aliphatic hydroxyl groups is 1. The van der Waals surface area contributed by atoms with Crippen LogP contribution in [0.3, 0.4) is 0 Å². The maximum absolute atomic E-state index is 9.23. The van der Waals surface area contributed by atoms with Gasteiger partial charge in [-0.2, -0.15) is 0 Å². The van der Waals surface area contributed by atoms with Crippen LogP contribution < -0.4 is 0 Å². The van der Waals surface area contributed by atoms with Gasteiger partial charge in [0.15, 0.2) is 0 Å². The molecule has 1 N–H and O–H groups in total. The van der Waals surface area contributed by atoms with Gasteiger partial charge in [-0.3, -0.25) is 0 Å². The summed E-state index contributed by atoms with van der Waals surface area (Å²) in [6, 6.07) is 8.72. The zero-order valence-corrected chi connectivity index (χ0v) is 10.2. The molecule has 0 spiro atoms. The monoisotopic (exact) mass is 219 g/mol. The van der Waals surface area contributed by atoms with E-state index in [1.165, 1.54) is 11.1 Å². The van der Waals surface area contributed by atoms with Crippen LogP contribution in [0.4, 0.5) is 0 Å². The third kappa shape index (κ3) is 3.06. The Morgan fingerprint density at radius 3 is 2.44 bits per heavy atom. The van der Waals surface area contributed by atoms with E-state index in [0.717, 1.165) is 25.9 Å². The minimum absolute atomic E-state index is 0.0298. The fourth-order valence-corrected chi connectivity index (χ4v) is 2.36. The summed E-state index contributed by atoms with van der Waals surface area (Å²) in [5.74, 6) is 0.699. The van der Waals surface area contributed by atoms with Crippen molar-refractivity contribution in [1.82, 2.24) is 4.90 Å². The summed E-state index contributed by atoms with van der Waals surface area (Å²) in [4.78, 5) is 2.35. The average molecular weight is 219 g/mol. The molecule has 0 amide bonds. The van der Waals surface area contributed by atoms with Crippen LogP contribution in [0.25, 0.3) is 0 Å². The SMILES string of the molecule is Cc1ccc(CN(C)CC2CC(O)C2)cc1. The molecule has 0 saturated heterocycles. The van der Waals surface area contributed by atoms with E-state index in [1.54, 1.807) is 0 Å². The average Bonchev–Trinajstić information content (AvgIpc) is 2.19. The summed E-state index contributed by atoms with van der Waals surface area (Å²) in [6.45, 7) is 4.22. The molecule has 16 heavy (non-hydrogen) atoms. The van der Waals surface area contributed by atoms with E-state index in [4.69, 9.17) is 0 Å². The van der Waals surface area contributed by atoms with Gasteiger partial charge in [0.05, 0.1) is 6.10 Å². The number of aliphatic hydroxyl groups excluding tert-OH is 1. The van der Waals surface area contributed by atoms with E-state index in [0.29, 0.717) is 5.92 Å². The summed E-state index contributed by atoms with van der Waals surface area (Å²) in [6.07, 6.45) is 1.94. The molecule has 0 aromatic heterocycles. The lowest BCUT2D eigenvalue weighted by molar-refractivity contribution is 0.0274. The van der Waals surface area contributed by atoms with E-state index >= 15 is 0 Å². The lowest BCUT2D eigenvalue weighted by Gasteiger charge is -2.34. The Kier molecular flexibility index (Phi) is 3.62. The molecule has 0 radical (unpaired) electrons. The molecule has 1 saturated carbocycles. The number of hydrogen-bond donors (Lipinski definition) is 1. The molecule has 1 aromatic carbocycles. The standard InChI is InChI=1S/C14H21NO/c1-11-3-5-12(6-4-11)9-15(2)10-13-7-14(16)8-13/h3-6,13-14,16H,7-10H2,1-2H3. The first-order chi connectivity index (χ1) is 7.63. The van der Waals surface area contributed by atoms with E-state index in [1.807, 2.05) is 0 Å². The molecule has 0 heterocycles. The number of aryl methyl sites for hydroxylation is 1. The van der Waals surface area contributed by atoms with E-state index in [2.05, 4.69) is 43.1 Å². The van der Waals surface area contributed by atoms with Gasteiger partial charge >= 0.3 is 0 Å². The summed E-state index contributed by atoms with van der Waals surface area (Å²) in [5, 5.41) is 9.23. The van der Waals surface area contributed by atoms with Gasteiger partial charge < -0.3 is 10.0 Å². The van der Waals surface area contributed by atoms with Crippen LogP contribution in [0.1, 0.15) is 24.0 Å². The lowest BCUT2D eigenvalue weighted by Crippen LogP contribution is -2.36. The van der Waals surface area contributed by atoms with Crippen molar-refractivity contribution in [1.29, 1.82) is 0 Å². The van der Waals surface area contributed by atoms with Crippen LogP contribution in [0, 0.1) is 12.8 Å². The molecule has 2 heteroatoms. The van der Waals surface area contributed by atoms with Gasteiger partial charge in [-0.05, 0) is 38.3 Å². The number of nitrogens with zero attached hydrogens (tertiary/aromatic N) is 1. The Morgan fingerprint density at radius 1 is 1.25 bits per heavy atom. The molecule has 0 aliphatic heterocycles. The Hall–Kier alpha value is -0.860. The van der Waals surface area contributed by atoms with E-state index in [9.17, 15) is 5.11 Å². The van der Waals surface area contributed by atoms with Crippen LogP contribution >= 0.6 is 0 Å². The predicted molar refractivity (Wildman–Crippen MR) is 66.2 cm³/mol. The maximum Gasteiger partial charge on any atom is 0.0546 e. The molecule has 2 nitrogen and oxygen atoms in total. The van der Waals surface area contributed by atoms with Gasteiger partial charge in [-0.15, -0.1) is 0 Å². The summed E-state index contributed by atoms with van der Waals surface area (Å²) in [5.41, 5.74) is 2.68. The van der Waals surface area contributed by atoms with Crippen molar-refractivity contribution in [2.45, 2.75) is 32.4 Å². The Labute approximate surface area is 97.9 Å². The van der Waals surface area contributed by atoms with E-state index in [-0.39, 0.29) is 6.10 Å². The number of benzene rings is 1. The van der Waals surface area contributed by atoms with Gasteiger partial charge in [0.25, 0.3) is 0 Å². The molecular weight excluding hydrogens is 198 g/mol. The number of hydrogen-bond acceptors (Lipinski definition) is 2. The fourth-order valence-electron chi connectivity index (χ4n) is 2.36. The summed E-state index contributed by atoms with van der Waals surface area (Å²) in [7, 11) is 2.16. The minimum Gasteiger partial charge on any atom is -0.393 e. The second-order valence-corrected chi connectivity index (χ2v) is 5.17. The van der Waals surface area contributed by atoms with Gasteiger partial charge in [-0.25, -0.2) is 0 Å². The Morgan fingerprint density at radius 2 is 1.88 bits per heavy atom. The molecule has 88 valence electrons. The molecule has 1 aromatic rings. The lowest BCUT2D eigenvalue weighted by atomic mass is 9.82. The second kappa shape index (κ2) is 4.98. The molecule has 0 bridgehead atoms. The van der Waals surface area contributed by atoms with Crippen LogP contribution in [-0.4, -0.2) is 29.7 Å². The molecule has 0 atom stereocenters. The first kappa shape index (κ1) is 11.6. The van der Waals surface area contributed by atoms with Crippen LogP contribution in [0.5, 0.6) is 0 Å². The zero-order chi connectivity index (χ0) is 11.5. The summed E-state index contributed by atoms with van der Waals surface area (Å²) < 4.78 is 0. The quantitative estimate of drug-likeness (QED) is 0.839. The second-order valence-electron chi connectivity index (χ2n) is 5.17. The topological polar surface area (TPSA) is 23.5 Å². The zero-order valence-electron chi connectivity index (χ0n) is 10.2. The van der Waals surface area contributed by atoms with Crippen molar-refractivity contribution in [3.63, 3.8) is 0 Å². The van der Waals surface area contributed by atoms with Crippen LogP contribution in [0.2, 0.25) is 0 Å². The highest BCUT2D eigenvalue weighted by Crippen LogP contribution is 2.27. The van der Waals surface area contributed by atoms with Gasteiger partial charge in [0.2, 0.25) is 0 Å². The largest absolute Gasteiger partial charge is 0.393 e. The first-order valence-corrected chi connectivity index (χ1v) is 6.05. The Bertz CT molecular complexity index is 327. The van der Waals surface area contributed by atoms with Crippen molar-refractivity contribution in [2.75, 3.05) is 13.6 Å². The third-order valence-corrected chi connectivity index (χ3v) is 3.35. The van der Waals surface area contributed by atoms with Gasteiger partial charge in [-0.1, -0.05) is 29.8 Å². The smallest absolute Gasteiger partial charge is 0.0546 e. The highest BCUT2D eigenvalue weighted by atomic mass is 16.3. The number of rotatable bonds is 4. The summed E-state index contributed by atoms with van der Waals surface area (Å²) >= 11 is 0. The fraction of sp³-hybridized carbons (Fsp3) is 0.571. The highest BCUT2D eigenvalue weighted by molar-refractivity contribution is 5.21. The van der Waals surface area contributed by atoms with Gasteiger partial charge in [0.1, 0.15) is 0 Å². The van der Waals surface area contributed by atoms with Crippen molar-refractivity contribution < 1.29 is 5.11 Å². The van der Waals surface area contributed by atoms with Gasteiger partial charge in [0, 0.05) is 13.1 Å². The third-order valence-electron chi connectivity index (χ3n) is 3.35. The Balaban J connectivity index is 1.78. The van der Waals surface area contributed by atoms with Crippen LogP contribution in [0.15, 0.2) is 24.3 Å². The molecule has 0 unspecified atom stereocenters. The van der Waals surface area contributed by atoms with Crippen LogP contribution in [-0.2, 0) is 6.54 Å².